The second-order valence-electron chi connectivity index (χ2n) is 11.4. The number of aliphatic hydroxyl groups excluding tert-OH is 1. The molecule has 1 aromatic carbocycles. The van der Waals surface area contributed by atoms with E-state index in [0.717, 1.165) is 12.8 Å². The number of likely N-dealkylation sites (tertiary alicyclic amines) is 1. The van der Waals surface area contributed by atoms with E-state index in [1.54, 1.807) is 4.90 Å². The summed E-state index contributed by atoms with van der Waals surface area (Å²) >= 11 is 0. The summed E-state index contributed by atoms with van der Waals surface area (Å²) in [7, 11) is 0. The van der Waals surface area contributed by atoms with Crippen molar-refractivity contribution in [2.45, 2.75) is 83.6 Å². The molecular formula is C28H41N3O5. The number of anilines is 1. The van der Waals surface area contributed by atoms with Crippen LogP contribution in [0.2, 0.25) is 0 Å². The van der Waals surface area contributed by atoms with Crippen LogP contribution in [0.1, 0.15) is 60.3 Å². The van der Waals surface area contributed by atoms with Crippen LogP contribution in [0, 0.1) is 23.7 Å². The molecule has 3 aliphatic heterocycles. The maximum Gasteiger partial charge on any atom is 0.245 e. The van der Waals surface area contributed by atoms with Gasteiger partial charge in [-0.25, -0.2) is 0 Å². The highest BCUT2D eigenvalue weighted by Gasteiger charge is 2.80. The smallest absolute Gasteiger partial charge is 0.245 e. The van der Waals surface area contributed by atoms with Gasteiger partial charge in [0.2, 0.25) is 17.7 Å². The molecule has 0 aliphatic carbocycles. The molecule has 0 radical (unpaired) electrons. The monoisotopic (exact) mass is 499 g/mol. The molecule has 198 valence electrons. The second-order valence-corrected chi connectivity index (χ2v) is 11.4. The van der Waals surface area contributed by atoms with Crippen molar-refractivity contribution >= 4 is 23.4 Å². The Labute approximate surface area is 214 Å². The van der Waals surface area contributed by atoms with Crippen LogP contribution in [0.25, 0.3) is 0 Å². The van der Waals surface area contributed by atoms with Crippen LogP contribution < -0.4 is 10.6 Å². The Morgan fingerprint density at radius 2 is 1.92 bits per heavy atom. The molecule has 0 aromatic heterocycles. The Balaban J connectivity index is 1.75. The summed E-state index contributed by atoms with van der Waals surface area (Å²) in [6, 6.07) is 7.77. The van der Waals surface area contributed by atoms with Gasteiger partial charge in [-0.15, -0.1) is 0 Å². The van der Waals surface area contributed by atoms with Crippen LogP contribution >= 0.6 is 0 Å². The third kappa shape index (κ3) is 4.22. The third-order valence-electron chi connectivity index (χ3n) is 8.50. The number of ether oxygens (including phenoxy) is 1. The minimum atomic E-state index is -1.11. The molecule has 36 heavy (non-hydrogen) atoms. The van der Waals surface area contributed by atoms with Gasteiger partial charge in [-0.3, -0.25) is 14.4 Å². The van der Waals surface area contributed by atoms with E-state index in [-0.39, 0.29) is 36.2 Å². The molecule has 3 fully saturated rings. The van der Waals surface area contributed by atoms with Gasteiger partial charge >= 0.3 is 0 Å². The molecule has 3 amide bonds. The van der Waals surface area contributed by atoms with Gasteiger partial charge < -0.3 is 25.4 Å². The minimum absolute atomic E-state index is 0.0309. The second kappa shape index (κ2) is 10.1. The lowest BCUT2D eigenvalue weighted by atomic mass is 9.62. The first kappa shape index (κ1) is 26.6. The molecule has 2 bridgehead atoms. The van der Waals surface area contributed by atoms with E-state index in [9.17, 15) is 19.5 Å². The topological polar surface area (TPSA) is 108 Å². The highest BCUT2D eigenvalue weighted by Crippen LogP contribution is 2.65. The van der Waals surface area contributed by atoms with Crippen molar-refractivity contribution in [3.05, 3.63) is 30.3 Å². The van der Waals surface area contributed by atoms with Gasteiger partial charge in [0.05, 0.1) is 30.1 Å². The summed E-state index contributed by atoms with van der Waals surface area (Å²) in [6.07, 6.45) is 2.82. The lowest BCUT2D eigenvalue weighted by Crippen LogP contribution is -2.58. The van der Waals surface area contributed by atoms with Crippen LogP contribution in [-0.2, 0) is 19.1 Å². The van der Waals surface area contributed by atoms with Crippen molar-refractivity contribution in [2.75, 3.05) is 18.5 Å². The summed E-state index contributed by atoms with van der Waals surface area (Å²) < 4.78 is 6.73. The summed E-state index contributed by atoms with van der Waals surface area (Å²) in [5.74, 6) is -2.16. The van der Waals surface area contributed by atoms with E-state index in [4.69, 9.17) is 4.74 Å². The van der Waals surface area contributed by atoms with Gasteiger partial charge in [0.25, 0.3) is 0 Å². The number of hydrogen-bond donors (Lipinski definition) is 3. The highest BCUT2D eigenvalue weighted by molar-refractivity contribution is 6.02. The quantitative estimate of drug-likeness (QED) is 0.429. The Kier molecular flexibility index (Phi) is 7.49. The summed E-state index contributed by atoms with van der Waals surface area (Å²) in [6.45, 7) is 10.3. The Morgan fingerprint density at radius 1 is 1.22 bits per heavy atom. The largest absolute Gasteiger partial charge is 0.394 e. The average molecular weight is 500 g/mol. The minimum Gasteiger partial charge on any atom is -0.394 e. The number of para-hydroxylation sites is 1. The predicted molar refractivity (Wildman–Crippen MR) is 137 cm³/mol. The van der Waals surface area contributed by atoms with Crippen molar-refractivity contribution in [3.63, 3.8) is 0 Å². The van der Waals surface area contributed by atoms with Gasteiger partial charge in [0.15, 0.2) is 0 Å². The summed E-state index contributed by atoms with van der Waals surface area (Å²) in [4.78, 5) is 43.2. The van der Waals surface area contributed by atoms with Crippen molar-refractivity contribution in [3.8, 4) is 0 Å². The maximum absolute atomic E-state index is 14.2. The van der Waals surface area contributed by atoms with Gasteiger partial charge in [0.1, 0.15) is 11.6 Å². The van der Waals surface area contributed by atoms with Crippen LogP contribution in [0.15, 0.2) is 30.3 Å². The van der Waals surface area contributed by atoms with Gasteiger partial charge in [-0.1, -0.05) is 52.3 Å². The van der Waals surface area contributed by atoms with Crippen molar-refractivity contribution in [1.82, 2.24) is 10.2 Å². The number of hydrogen-bond acceptors (Lipinski definition) is 5. The molecule has 3 heterocycles. The molecule has 3 saturated heterocycles. The van der Waals surface area contributed by atoms with E-state index in [1.807, 2.05) is 58.0 Å². The number of benzene rings is 1. The fourth-order valence-electron chi connectivity index (χ4n) is 6.82. The molecule has 8 heteroatoms. The molecule has 0 saturated carbocycles. The Bertz CT molecular complexity index is 985. The first-order valence-corrected chi connectivity index (χ1v) is 13.4. The van der Waals surface area contributed by atoms with Crippen LogP contribution in [0.5, 0.6) is 0 Å². The standard InChI is InChI=1S/C28H41N3O5/c1-6-7-13-29-25(34)23-28-15-18(4)27(5,36-28)21(24(33)30-19-11-9-8-10-12-19)22(28)26(35)31(23)20(16-32)14-17(2)3/h8-12,17-18,20-23,32H,6-7,13-16H2,1-5H3,(H,29,34)(H,30,33)/t18?,20-,21-,22+,23?,27+,28?/m1/s1. The number of carbonyl (C=O) groups excluding carboxylic acids is 3. The molecule has 3 aliphatic rings. The highest BCUT2D eigenvalue weighted by atomic mass is 16.5. The lowest BCUT2D eigenvalue weighted by molar-refractivity contribution is -0.150. The summed E-state index contributed by atoms with van der Waals surface area (Å²) in [5.41, 5.74) is -1.33. The lowest BCUT2D eigenvalue weighted by Gasteiger charge is -2.37. The number of carbonyl (C=O) groups is 3. The molecule has 3 N–H and O–H groups in total. The zero-order valence-electron chi connectivity index (χ0n) is 22.1. The molecule has 7 atom stereocenters. The zero-order valence-corrected chi connectivity index (χ0v) is 22.1. The number of aliphatic hydroxyl groups is 1. The molecule has 1 spiro atoms. The average Bonchev–Trinajstić information content (AvgIpc) is 3.35. The number of nitrogens with zero attached hydrogens (tertiary/aromatic N) is 1. The van der Waals surface area contributed by atoms with Crippen molar-refractivity contribution in [1.29, 1.82) is 0 Å². The Morgan fingerprint density at radius 3 is 2.53 bits per heavy atom. The fourth-order valence-corrected chi connectivity index (χ4v) is 6.82. The maximum atomic E-state index is 14.2. The normalized spacial score (nSPS) is 33.6. The van der Waals surface area contributed by atoms with Crippen molar-refractivity contribution in [2.24, 2.45) is 23.7 Å². The first-order valence-electron chi connectivity index (χ1n) is 13.4. The van der Waals surface area contributed by atoms with Crippen LogP contribution in [-0.4, -0.2) is 64.2 Å². The van der Waals surface area contributed by atoms with Crippen LogP contribution in [0.3, 0.4) is 0 Å². The van der Waals surface area contributed by atoms with Gasteiger partial charge in [-0.05, 0) is 50.2 Å². The zero-order chi connectivity index (χ0) is 26.3. The van der Waals surface area contributed by atoms with Gasteiger partial charge in [0, 0.05) is 12.2 Å². The van der Waals surface area contributed by atoms with E-state index < -0.39 is 35.1 Å². The van der Waals surface area contributed by atoms with E-state index in [2.05, 4.69) is 17.6 Å². The molecule has 4 rings (SSSR count). The predicted octanol–water partition coefficient (Wildman–Crippen LogP) is 2.96. The summed E-state index contributed by atoms with van der Waals surface area (Å²) in [5, 5.41) is 16.3. The van der Waals surface area contributed by atoms with Gasteiger partial charge in [-0.2, -0.15) is 0 Å². The first-order chi connectivity index (χ1) is 17.1. The Hall–Kier alpha value is -2.45. The number of rotatable bonds is 10. The van der Waals surface area contributed by atoms with Crippen molar-refractivity contribution < 1.29 is 24.2 Å². The molecule has 8 nitrogen and oxygen atoms in total. The third-order valence-corrected chi connectivity index (χ3v) is 8.50. The molecular weight excluding hydrogens is 458 g/mol. The fraction of sp³-hybridized carbons (Fsp3) is 0.679. The number of unbranched alkanes of at least 4 members (excludes halogenated alkanes) is 1. The number of amides is 3. The molecule has 3 unspecified atom stereocenters. The van der Waals surface area contributed by atoms with E-state index >= 15 is 0 Å². The molecule has 1 aromatic rings. The van der Waals surface area contributed by atoms with E-state index in [0.29, 0.717) is 25.1 Å². The number of nitrogens with one attached hydrogen (secondary N) is 2. The number of fused-ring (bicyclic) bond motifs is 1. The SMILES string of the molecule is CCCCNC(=O)C1N([C@@H](CO)CC(C)C)C(=O)[C@@H]2[C@H](C(=O)Nc3ccccc3)[C@@]3(C)OC12CC3C. The van der Waals surface area contributed by atoms with E-state index in [1.165, 1.54) is 0 Å². The van der Waals surface area contributed by atoms with Crippen LogP contribution in [0.4, 0.5) is 5.69 Å².